The van der Waals surface area contributed by atoms with E-state index in [1.54, 1.807) is 12.0 Å². The molecule has 4 rings (SSSR count). The van der Waals surface area contributed by atoms with E-state index in [1.807, 2.05) is 30.3 Å². The third-order valence-corrected chi connectivity index (χ3v) is 5.24. The van der Waals surface area contributed by atoms with Gasteiger partial charge in [-0.1, -0.05) is 12.1 Å². The highest BCUT2D eigenvalue weighted by Gasteiger charge is 2.29. The first-order chi connectivity index (χ1) is 15.1. The normalized spacial score (nSPS) is 15.7. The summed E-state index contributed by atoms with van der Waals surface area (Å²) in [6.07, 6.45) is 0.833. The Morgan fingerprint density at radius 3 is 2.71 bits per heavy atom. The van der Waals surface area contributed by atoms with Crippen LogP contribution in [0.5, 0.6) is 17.2 Å². The first kappa shape index (κ1) is 20.7. The maximum absolute atomic E-state index is 13.0. The second kappa shape index (κ2) is 9.51. The molecule has 1 saturated heterocycles. The summed E-state index contributed by atoms with van der Waals surface area (Å²) in [5.74, 6) is 1.54. The van der Waals surface area contributed by atoms with Crippen molar-refractivity contribution in [3.05, 3.63) is 71.8 Å². The molecule has 31 heavy (non-hydrogen) atoms. The minimum atomic E-state index is -0.340. The van der Waals surface area contributed by atoms with Crippen LogP contribution < -0.4 is 14.2 Å². The number of hydrogen-bond donors (Lipinski definition) is 1. The van der Waals surface area contributed by atoms with Gasteiger partial charge in [-0.3, -0.25) is 9.89 Å². The van der Waals surface area contributed by atoms with Gasteiger partial charge < -0.3 is 19.1 Å². The number of benzene rings is 2. The van der Waals surface area contributed by atoms with Crippen LogP contribution >= 0.6 is 0 Å². The van der Waals surface area contributed by atoms with E-state index in [4.69, 9.17) is 14.2 Å². The fourth-order valence-corrected chi connectivity index (χ4v) is 3.55. The van der Waals surface area contributed by atoms with E-state index in [0.29, 0.717) is 36.9 Å². The predicted octanol–water partition coefficient (Wildman–Crippen LogP) is 3.53. The van der Waals surface area contributed by atoms with Crippen molar-refractivity contribution in [1.82, 2.24) is 15.1 Å². The Morgan fingerprint density at radius 1 is 1.16 bits per heavy atom. The number of hydrogen-bond acceptors (Lipinski definition) is 5. The lowest BCUT2D eigenvalue weighted by atomic mass is 10.1. The summed E-state index contributed by atoms with van der Waals surface area (Å²) < 4.78 is 29.5. The molecule has 0 aliphatic carbocycles. The van der Waals surface area contributed by atoms with Crippen molar-refractivity contribution < 1.29 is 23.4 Å². The van der Waals surface area contributed by atoms with Gasteiger partial charge in [-0.05, 0) is 48.9 Å². The van der Waals surface area contributed by atoms with Crippen LogP contribution in [0.4, 0.5) is 4.39 Å². The summed E-state index contributed by atoms with van der Waals surface area (Å²) in [5.41, 5.74) is 1.76. The lowest BCUT2D eigenvalue weighted by Crippen LogP contribution is -2.32. The largest absolute Gasteiger partial charge is 0.493 e. The van der Waals surface area contributed by atoms with Crippen molar-refractivity contribution in [3.8, 4) is 17.2 Å². The first-order valence-electron chi connectivity index (χ1n) is 10.1. The average molecular weight is 425 g/mol. The molecule has 8 heteroatoms. The number of carbonyl (C=O) groups excluding carboxylic acids is 1. The molecule has 3 aromatic rings. The van der Waals surface area contributed by atoms with E-state index in [9.17, 15) is 9.18 Å². The number of likely N-dealkylation sites (tertiary alicyclic amines) is 1. The standard InChI is InChI=1S/C23H24FN3O4/c1-29-21-4-2-3-5-22(21)31-14-18-12-20(26-25-18)16-10-11-27(13-16)23(28)15-30-19-8-6-17(24)7-9-19/h2-9,12,16H,10-11,13-15H2,1H3,(H,25,26)/t16-/m1/s1. The Bertz CT molecular complexity index is 1020. The van der Waals surface area contributed by atoms with Gasteiger partial charge in [-0.25, -0.2) is 4.39 Å². The number of amides is 1. The van der Waals surface area contributed by atoms with E-state index in [-0.39, 0.29) is 24.2 Å². The number of nitrogens with zero attached hydrogens (tertiary/aromatic N) is 2. The first-order valence-corrected chi connectivity index (χ1v) is 10.1. The Morgan fingerprint density at radius 2 is 1.94 bits per heavy atom. The van der Waals surface area contributed by atoms with Crippen molar-refractivity contribution in [2.24, 2.45) is 0 Å². The fourth-order valence-electron chi connectivity index (χ4n) is 3.55. The maximum Gasteiger partial charge on any atom is 0.260 e. The molecule has 0 spiro atoms. The number of ether oxygens (including phenoxy) is 3. The number of halogens is 1. The molecule has 1 aromatic heterocycles. The van der Waals surface area contributed by atoms with E-state index in [1.165, 1.54) is 24.3 Å². The number of nitrogens with one attached hydrogen (secondary N) is 1. The van der Waals surface area contributed by atoms with E-state index < -0.39 is 0 Å². The van der Waals surface area contributed by atoms with E-state index in [0.717, 1.165) is 17.8 Å². The summed E-state index contributed by atoms with van der Waals surface area (Å²) in [4.78, 5) is 14.2. The number of carbonyl (C=O) groups is 1. The van der Waals surface area contributed by atoms with Gasteiger partial charge in [-0.15, -0.1) is 0 Å². The van der Waals surface area contributed by atoms with Gasteiger partial charge in [0.25, 0.3) is 5.91 Å². The van der Waals surface area contributed by atoms with Crippen molar-refractivity contribution in [2.45, 2.75) is 18.9 Å². The van der Waals surface area contributed by atoms with Crippen molar-refractivity contribution in [2.75, 3.05) is 26.8 Å². The molecule has 1 aliphatic rings. The molecular formula is C23H24FN3O4. The monoisotopic (exact) mass is 425 g/mol. The maximum atomic E-state index is 13.0. The Labute approximate surface area is 179 Å². The molecular weight excluding hydrogens is 401 g/mol. The second-order valence-corrected chi connectivity index (χ2v) is 7.33. The van der Waals surface area contributed by atoms with Crippen LogP contribution in [-0.4, -0.2) is 47.8 Å². The van der Waals surface area contributed by atoms with Crippen molar-refractivity contribution >= 4 is 5.91 Å². The third kappa shape index (κ3) is 5.14. The molecule has 1 N–H and O–H groups in total. The minimum Gasteiger partial charge on any atom is -0.493 e. The molecule has 0 saturated carbocycles. The number of methoxy groups -OCH3 is 1. The second-order valence-electron chi connectivity index (χ2n) is 7.33. The lowest BCUT2D eigenvalue weighted by molar-refractivity contribution is -0.132. The summed E-state index contributed by atoms with van der Waals surface area (Å²) in [6.45, 7) is 1.50. The molecule has 2 aromatic carbocycles. The van der Waals surface area contributed by atoms with Gasteiger partial charge in [-0.2, -0.15) is 5.10 Å². The summed E-state index contributed by atoms with van der Waals surface area (Å²) in [6, 6.07) is 15.1. The average Bonchev–Trinajstić information content (AvgIpc) is 3.47. The minimum absolute atomic E-state index is 0.0725. The number of rotatable bonds is 8. The fraction of sp³-hybridized carbons (Fsp3) is 0.304. The van der Waals surface area contributed by atoms with Crippen molar-refractivity contribution in [1.29, 1.82) is 0 Å². The smallest absolute Gasteiger partial charge is 0.260 e. The predicted molar refractivity (Wildman–Crippen MR) is 112 cm³/mol. The quantitative estimate of drug-likeness (QED) is 0.598. The molecule has 0 radical (unpaired) electrons. The Hall–Kier alpha value is -3.55. The summed E-state index contributed by atoms with van der Waals surface area (Å²) in [5, 5.41) is 7.42. The van der Waals surface area contributed by atoms with Crippen LogP contribution in [-0.2, 0) is 11.4 Å². The Balaban J connectivity index is 1.27. The van der Waals surface area contributed by atoms with Gasteiger partial charge in [0.2, 0.25) is 0 Å². The third-order valence-electron chi connectivity index (χ3n) is 5.24. The summed E-state index contributed by atoms with van der Waals surface area (Å²) in [7, 11) is 1.61. The van der Waals surface area contributed by atoms with Crippen LogP contribution in [0.1, 0.15) is 23.7 Å². The van der Waals surface area contributed by atoms with Gasteiger partial charge in [0, 0.05) is 19.0 Å². The van der Waals surface area contributed by atoms with Crippen LogP contribution in [0.3, 0.4) is 0 Å². The molecule has 1 aliphatic heterocycles. The zero-order chi connectivity index (χ0) is 21.6. The SMILES string of the molecule is COc1ccccc1OCc1cc([C@@H]2CCN(C(=O)COc3ccc(F)cc3)C2)n[nH]1. The molecule has 7 nitrogen and oxygen atoms in total. The van der Waals surface area contributed by atoms with Gasteiger partial charge in [0.15, 0.2) is 18.1 Å². The van der Waals surface area contributed by atoms with Gasteiger partial charge >= 0.3 is 0 Å². The number of aromatic amines is 1. The lowest BCUT2D eigenvalue weighted by Gasteiger charge is -2.16. The zero-order valence-corrected chi connectivity index (χ0v) is 17.2. The van der Waals surface area contributed by atoms with Crippen LogP contribution in [0.25, 0.3) is 0 Å². The number of H-pyrrole nitrogens is 1. The molecule has 162 valence electrons. The van der Waals surface area contributed by atoms with Crippen LogP contribution in [0.15, 0.2) is 54.6 Å². The van der Waals surface area contributed by atoms with Gasteiger partial charge in [0.1, 0.15) is 18.2 Å². The van der Waals surface area contributed by atoms with Crippen molar-refractivity contribution in [3.63, 3.8) is 0 Å². The number of aromatic nitrogens is 2. The van der Waals surface area contributed by atoms with Crippen LogP contribution in [0.2, 0.25) is 0 Å². The zero-order valence-electron chi connectivity index (χ0n) is 17.2. The summed E-state index contributed by atoms with van der Waals surface area (Å²) >= 11 is 0. The molecule has 1 amide bonds. The molecule has 1 atom stereocenters. The van der Waals surface area contributed by atoms with Crippen LogP contribution in [0, 0.1) is 5.82 Å². The molecule has 2 heterocycles. The topological polar surface area (TPSA) is 76.7 Å². The molecule has 0 unspecified atom stereocenters. The number of para-hydroxylation sites is 2. The highest BCUT2D eigenvalue weighted by Crippen LogP contribution is 2.28. The van der Waals surface area contributed by atoms with E-state index >= 15 is 0 Å². The Kier molecular flexibility index (Phi) is 6.35. The highest BCUT2D eigenvalue weighted by atomic mass is 19.1. The molecule has 0 bridgehead atoms. The molecule has 1 fully saturated rings. The van der Waals surface area contributed by atoms with E-state index in [2.05, 4.69) is 10.2 Å². The van der Waals surface area contributed by atoms with Gasteiger partial charge in [0.05, 0.1) is 18.5 Å². The highest BCUT2D eigenvalue weighted by molar-refractivity contribution is 5.78.